The van der Waals surface area contributed by atoms with E-state index in [2.05, 4.69) is 5.32 Å². The highest BCUT2D eigenvalue weighted by Gasteiger charge is 2.29. The van der Waals surface area contributed by atoms with Crippen molar-refractivity contribution in [3.05, 3.63) is 63.6 Å². The minimum Gasteiger partial charge on any atom is -0.324 e. The van der Waals surface area contributed by atoms with Crippen LogP contribution >= 0.6 is 23.2 Å². The Morgan fingerprint density at radius 2 is 1.87 bits per heavy atom. The average molecular weight is 368 g/mol. The lowest BCUT2D eigenvalue weighted by molar-refractivity contribution is -0.113. The molecule has 0 aromatic heterocycles. The molecule has 0 bridgehead atoms. The van der Waals surface area contributed by atoms with Gasteiger partial charge < -0.3 is 5.32 Å². The topological polar surface area (TPSA) is 46.2 Å². The van der Waals surface area contributed by atoms with E-state index < -0.39 is 10.8 Å². The first-order chi connectivity index (χ1) is 11.1. The van der Waals surface area contributed by atoms with Crippen molar-refractivity contribution >= 4 is 45.6 Å². The molecule has 0 heterocycles. The van der Waals surface area contributed by atoms with Gasteiger partial charge in [0.2, 0.25) is 5.91 Å². The van der Waals surface area contributed by atoms with E-state index >= 15 is 0 Å². The minimum absolute atomic E-state index is 0.0537. The molecule has 0 aliphatic heterocycles. The number of amides is 1. The monoisotopic (exact) mass is 367 g/mol. The standard InChI is InChI=1S/C17H15Cl2NO2S/c18-13-6-3-4-12-11(13)8-9-16(12)23(22)10-17(21)20-15-7-2-1-5-14(15)19/h1-7,16H,8-10H2,(H,20,21)/t16-,23+/m0/s1. The van der Waals surface area contributed by atoms with Gasteiger partial charge in [-0.2, -0.15) is 0 Å². The Morgan fingerprint density at radius 3 is 2.65 bits per heavy atom. The number of para-hydroxylation sites is 1. The molecule has 3 nitrogen and oxygen atoms in total. The van der Waals surface area contributed by atoms with Crippen LogP contribution in [0.5, 0.6) is 0 Å². The van der Waals surface area contributed by atoms with Crippen LogP contribution in [0.4, 0.5) is 5.69 Å². The lowest BCUT2D eigenvalue weighted by Gasteiger charge is -2.12. The second-order valence-electron chi connectivity index (χ2n) is 5.39. The van der Waals surface area contributed by atoms with Crippen LogP contribution < -0.4 is 5.32 Å². The van der Waals surface area contributed by atoms with Crippen LogP contribution in [0.15, 0.2) is 42.5 Å². The largest absolute Gasteiger partial charge is 0.324 e. The number of nitrogens with one attached hydrogen (secondary N) is 1. The van der Waals surface area contributed by atoms with Crippen LogP contribution in [0, 0.1) is 0 Å². The number of benzene rings is 2. The van der Waals surface area contributed by atoms with E-state index in [1.807, 2.05) is 18.2 Å². The first kappa shape index (κ1) is 16.5. The van der Waals surface area contributed by atoms with Gasteiger partial charge in [0.05, 0.1) is 16.0 Å². The third kappa shape index (κ3) is 3.60. The maximum atomic E-state index is 12.6. The predicted octanol–water partition coefficient (Wildman–Crippen LogP) is 4.37. The zero-order valence-corrected chi connectivity index (χ0v) is 14.5. The summed E-state index contributed by atoms with van der Waals surface area (Å²) in [5.74, 6) is -0.353. The molecule has 2 aromatic carbocycles. The van der Waals surface area contributed by atoms with Gasteiger partial charge >= 0.3 is 0 Å². The molecular weight excluding hydrogens is 353 g/mol. The Hall–Kier alpha value is -1.36. The molecular formula is C17H15Cl2NO2S. The van der Waals surface area contributed by atoms with E-state index in [1.54, 1.807) is 24.3 Å². The molecule has 3 rings (SSSR count). The predicted molar refractivity (Wildman–Crippen MR) is 95.6 cm³/mol. The van der Waals surface area contributed by atoms with Crippen molar-refractivity contribution in [2.45, 2.75) is 18.1 Å². The fourth-order valence-electron chi connectivity index (χ4n) is 2.82. The molecule has 0 radical (unpaired) electrons. The molecule has 0 unspecified atom stereocenters. The van der Waals surface area contributed by atoms with Gasteiger partial charge in [-0.25, -0.2) is 0 Å². The van der Waals surface area contributed by atoms with Crippen LogP contribution in [0.25, 0.3) is 0 Å². The second kappa shape index (κ2) is 7.04. The van der Waals surface area contributed by atoms with Crippen LogP contribution in [0.2, 0.25) is 10.0 Å². The van der Waals surface area contributed by atoms with Crippen molar-refractivity contribution in [2.24, 2.45) is 0 Å². The summed E-state index contributed by atoms with van der Waals surface area (Å²) in [5, 5.41) is 3.74. The normalized spacial score (nSPS) is 17.6. The third-order valence-electron chi connectivity index (χ3n) is 3.90. The van der Waals surface area contributed by atoms with Crippen molar-refractivity contribution in [2.75, 3.05) is 11.1 Å². The second-order valence-corrected chi connectivity index (χ2v) is 7.82. The Labute approximate surface area is 147 Å². The van der Waals surface area contributed by atoms with Crippen LogP contribution in [-0.2, 0) is 22.0 Å². The summed E-state index contributed by atoms with van der Waals surface area (Å²) in [6, 6.07) is 12.6. The van der Waals surface area contributed by atoms with E-state index in [-0.39, 0.29) is 16.9 Å². The first-order valence-corrected chi connectivity index (χ1v) is 9.39. The molecule has 120 valence electrons. The number of carbonyl (C=O) groups is 1. The lowest BCUT2D eigenvalue weighted by atomic mass is 10.1. The van der Waals surface area contributed by atoms with Crippen LogP contribution in [0.3, 0.4) is 0 Å². The quantitative estimate of drug-likeness (QED) is 0.871. The summed E-state index contributed by atoms with van der Waals surface area (Å²) in [6.45, 7) is 0. The minimum atomic E-state index is -1.29. The van der Waals surface area contributed by atoms with Gasteiger partial charge in [-0.1, -0.05) is 47.5 Å². The number of halogens is 2. The van der Waals surface area contributed by atoms with Crippen molar-refractivity contribution in [1.29, 1.82) is 0 Å². The molecule has 1 aliphatic carbocycles. The van der Waals surface area contributed by atoms with Crippen molar-refractivity contribution in [3.8, 4) is 0 Å². The molecule has 1 amide bonds. The maximum Gasteiger partial charge on any atom is 0.237 e. The molecule has 2 aromatic rings. The van der Waals surface area contributed by atoms with Gasteiger partial charge in [0.25, 0.3) is 0 Å². The molecule has 0 spiro atoms. The van der Waals surface area contributed by atoms with Crippen molar-refractivity contribution in [3.63, 3.8) is 0 Å². The fourth-order valence-corrected chi connectivity index (χ4v) is 4.70. The van der Waals surface area contributed by atoms with E-state index in [4.69, 9.17) is 23.2 Å². The highest BCUT2D eigenvalue weighted by molar-refractivity contribution is 7.86. The molecule has 1 N–H and O–H groups in total. The van der Waals surface area contributed by atoms with Gasteiger partial charge in [-0.15, -0.1) is 0 Å². The first-order valence-electron chi connectivity index (χ1n) is 7.25. The maximum absolute atomic E-state index is 12.6. The SMILES string of the molecule is O=C(C[S@@](=O)[C@H]1CCc2c(Cl)cccc21)Nc1ccccc1Cl. The zero-order chi connectivity index (χ0) is 16.4. The zero-order valence-electron chi connectivity index (χ0n) is 12.2. The summed E-state index contributed by atoms with van der Waals surface area (Å²) in [5.41, 5.74) is 2.59. The Balaban J connectivity index is 1.68. The van der Waals surface area contributed by atoms with Gasteiger partial charge in [0.1, 0.15) is 5.75 Å². The smallest absolute Gasteiger partial charge is 0.237 e. The Bertz CT molecular complexity index is 779. The number of hydrogen-bond donors (Lipinski definition) is 1. The van der Waals surface area contributed by atoms with E-state index in [0.717, 1.165) is 24.0 Å². The number of fused-ring (bicyclic) bond motifs is 1. The summed E-state index contributed by atoms with van der Waals surface area (Å²) in [4.78, 5) is 12.1. The highest BCUT2D eigenvalue weighted by atomic mass is 35.5. The lowest BCUT2D eigenvalue weighted by Crippen LogP contribution is -2.22. The fraction of sp³-hybridized carbons (Fsp3) is 0.235. The number of anilines is 1. The van der Waals surface area contributed by atoms with Gasteiger partial charge in [0, 0.05) is 15.8 Å². The van der Waals surface area contributed by atoms with Gasteiger partial charge in [-0.3, -0.25) is 9.00 Å². The average Bonchev–Trinajstić information content (AvgIpc) is 2.95. The summed E-state index contributed by atoms with van der Waals surface area (Å²) in [7, 11) is -1.29. The van der Waals surface area contributed by atoms with E-state index in [0.29, 0.717) is 15.7 Å². The molecule has 0 saturated carbocycles. The van der Waals surface area contributed by atoms with Gasteiger partial charge in [0.15, 0.2) is 0 Å². The van der Waals surface area contributed by atoms with Gasteiger partial charge in [-0.05, 0) is 42.2 Å². The van der Waals surface area contributed by atoms with Crippen LogP contribution in [0.1, 0.15) is 22.8 Å². The summed E-state index contributed by atoms with van der Waals surface area (Å²) in [6.07, 6.45) is 1.56. The Morgan fingerprint density at radius 1 is 1.13 bits per heavy atom. The van der Waals surface area contributed by atoms with E-state index in [9.17, 15) is 9.00 Å². The summed E-state index contributed by atoms with van der Waals surface area (Å²) >= 11 is 12.2. The Kier molecular flexibility index (Phi) is 5.05. The van der Waals surface area contributed by atoms with E-state index in [1.165, 1.54) is 0 Å². The van der Waals surface area contributed by atoms with Crippen molar-refractivity contribution in [1.82, 2.24) is 0 Å². The third-order valence-corrected chi connectivity index (χ3v) is 6.25. The summed E-state index contributed by atoms with van der Waals surface area (Å²) < 4.78 is 12.6. The molecule has 1 aliphatic rings. The van der Waals surface area contributed by atoms with Crippen molar-refractivity contribution < 1.29 is 9.00 Å². The number of hydrogen-bond acceptors (Lipinski definition) is 2. The molecule has 0 saturated heterocycles. The van der Waals surface area contributed by atoms with Crippen LogP contribution in [-0.4, -0.2) is 15.9 Å². The molecule has 6 heteroatoms. The molecule has 23 heavy (non-hydrogen) atoms. The number of rotatable bonds is 4. The highest BCUT2D eigenvalue weighted by Crippen LogP contribution is 2.39. The number of carbonyl (C=O) groups excluding carboxylic acids is 1. The molecule has 0 fully saturated rings. The molecule has 2 atom stereocenters.